The monoisotopic (exact) mass is 514 g/mol. The minimum absolute atomic E-state index is 0.0442. The molecule has 8 N–H and O–H groups in total. The van der Waals surface area contributed by atoms with E-state index in [9.17, 15) is 34.8 Å². The molecule has 192 valence electrons. The molecule has 11 nitrogen and oxygen atoms in total. The molecule has 0 saturated carbocycles. The topological polar surface area (TPSA) is 209 Å². The summed E-state index contributed by atoms with van der Waals surface area (Å²) < 4.78 is 0. The first-order valence-electron chi connectivity index (χ1n) is 11.6. The summed E-state index contributed by atoms with van der Waals surface area (Å²) in [7, 11) is 0. The minimum atomic E-state index is -2.60. The van der Waals surface area contributed by atoms with Crippen LogP contribution >= 0.6 is 0 Å². The number of carbonyl (C=O) groups is 3. The molecule has 0 bridgehead atoms. The normalized spacial score (nSPS) is 24.4. The van der Waals surface area contributed by atoms with Gasteiger partial charge in [0.1, 0.15) is 22.8 Å². The zero-order valence-corrected chi connectivity index (χ0v) is 19.8. The summed E-state index contributed by atoms with van der Waals surface area (Å²) in [4.78, 5) is 38.3. The number of aliphatic hydroxyl groups excluding tert-OH is 2. The smallest absolute Gasteiger partial charge is 0.255 e. The first kappa shape index (κ1) is 24.7. The van der Waals surface area contributed by atoms with Crippen LogP contribution in [0, 0.1) is 23.7 Å². The van der Waals surface area contributed by atoms with Gasteiger partial charge in [0.15, 0.2) is 11.4 Å². The Morgan fingerprint density at radius 3 is 2.39 bits per heavy atom. The number of hydrogen-bond acceptors (Lipinski definition) is 9. The van der Waals surface area contributed by atoms with Crippen molar-refractivity contribution in [2.45, 2.75) is 24.9 Å². The van der Waals surface area contributed by atoms with E-state index in [1.54, 1.807) is 30.3 Å². The second kappa shape index (κ2) is 8.86. The van der Waals surface area contributed by atoms with Gasteiger partial charge in [-0.2, -0.15) is 0 Å². The van der Waals surface area contributed by atoms with E-state index in [2.05, 4.69) is 22.2 Å². The fraction of sp³-hybridized carbons (Fsp3) is 0.222. The molecular weight excluding hydrogens is 492 g/mol. The first-order chi connectivity index (χ1) is 18.1. The molecule has 0 heterocycles. The van der Waals surface area contributed by atoms with Crippen molar-refractivity contribution in [2.24, 2.45) is 33.7 Å². The van der Waals surface area contributed by atoms with E-state index in [4.69, 9.17) is 11.6 Å². The highest BCUT2D eigenvalue weighted by molar-refractivity contribution is 6.24. The average molecular weight is 514 g/mol. The Labute approximate surface area is 215 Å². The second-order valence-corrected chi connectivity index (χ2v) is 9.41. The zero-order valence-electron chi connectivity index (χ0n) is 19.8. The second-order valence-electron chi connectivity index (χ2n) is 9.41. The molecule has 0 saturated heterocycles. The van der Waals surface area contributed by atoms with Crippen molar-refractivity contribution >= 4 is 23.2 Å². The van der Waals surface area contributed by atoms with Crippen molar-refractivity contribution in [1.29, 1.82) is 0 Å². The number of allylic oxidation sites excluding steroid dienone is 2. The molecule has 0 radical (unpaired) electrons. The highest BCUT2D eigenvalue weighted by Gasteiger charge is 2.59. The van der Waals surface area contributed by atoms with Crippen molar-refractivity contribution < 1.29 is 34.8 Å². The number of primary amides is 1. The summed E-state index contributed by atoms with van der Waals surface area (Å²) in [5.74, 6) is 4.35. The van der Waals surface area contributed by atoms with Gasteiger partial charge in [-0.1, -0.05) is 17.1 Å². The number of aliphatic hydroxyl groups is 3. The van der Waals surface area contributed by atoms with Gasteiger partial charge in [0, 0.05) is 29.0 Å². The van der Waals surface area contributed by atoms with E-state index in [1.165, 1.54) is 6.07 Å². The average Bonchev–Trinajstić information content (AvgIpc) is 2.86. The van der Waals surface area contributed by atoms with Crippen LogP contribution in [0.25, 0.3) is 0 Å². The third-order valence-corrected chi connectivity index (χ3v) is 7.33. The number of nitrogens with zero attached hydrogens (tertiary/aromatic N) is 2. The first-order valence-corrected chi connectivity index (χ1v) is 11.6. The molecule has 0 aliphatic heterocycles. The van der Waals surface area contributed by atoms with Crippen LogP contribution in [0.5, 0.6) is 5.75 Å². The SMILES string of the molecule is NN=Nc1ccc(C#Cc2ccc(O)c3c2C[C@H]2C[C@H]4CC(O)=C(C(N)=O)C(=O)[C@@]4(O)C(O)=C2C3=O)cc1. The maximum absolute atomic E-state index is 13.6. The summed E-state index contributed by atoms with van der Waals surface area (Å²) in [6, 6.07) is 9.68. The molecule has 38 heavy (non-hydrogen) atoms. The summed E-state index contributed by atoms with van der Waals surface area (Å²) in [6.45, 7) is 0. The van der Waals surface area contributed by atoms with Crippen LogP contribution in [0.4, 0.5) is 5.69 Å². The number of hydrogen-bond donors (Lipinski definition) is 6. The number of carbonyl (C=O) groups excluding carboxylic acids is 3. The number of amides is 1. The van der Waals surface area contributed by atoms with Gasteiger partial charge in [-0.05, 0) is 60.7 Å². The van der Waals surface area contributed by atoms with Crippen LogP contribution in [0.15, 0.2) is 69.4 Å². The van der Waals surface area contributed by atoms with Gasteiger partial charge in [-0.3, -0.25) is 14.4 Å². The molecule has 2 aromatic carbocycles. The minimum Gasteiger partial charge on any atom is -0.511 e. The van der Waals surface area contributed by atoms with E-state index in [1.807, 2.05) is 0 Å². The fourth-order valence-electron chi connectivity index (χ4n) is 5.55. The van der Waals surface area contributed by atoms with Crippen LogP contribution in [0.1, 0.15) is 39.9 Å². The summed E-state index contributed by atoms with van der Waals surface area (Å²) in [6.07, 6.45) is -0.0763. The molecule has 5 rings (SSSR count). The number of fused-ring (bicyclic) bond motifs is 3. The Kier molecular flexibility index (Phi) is 5.77. The molecular formula is C27H22N4O7. The number of nitrogens with two attached hydrogens (primary N) is 2. The van der Waals surface area contributed by atoms with Gasteiger partial charge in [0.25, 0.3) is 5.91 Å². The molecule has 2 aromatic rings. The fourth-order valence-corrected chi connectivity index (χ4v) is 5.55. The Morgan fingerprint density at radius 1 is 1.03 bits per heavy atom. The molecule has 0 fully saturated rings. The van der Waals surface area contributed by atoms with E-state index < -0.39 is 52.0 Å². The number of ketones is 2. The van der Waals surface area contributed by atoms with Gasteiger partial charge >= 0.3 is 0 Å². The molecule has 1 amide bonds. The van der Waals surface area contributed by atoms with Gasteiger partial charge in [0.05, 0.1) is 11.3 Å². The lowest BCUT2D eigenvalue weighted by molar-refractivity contribution is -0.144. The lowest BCUT2D eigenvalue weighted by atomic mass is 9.60. The third kappa shape index (κ3) is 3.62. The molecule has 0 aromatic heterocycles. The molecule has 0 spiro atoms. The van der Waals surface area contributed by atoms with Crippen molar-refractivity contribution in [3.05, 3.63) is 81.3 Å². The third-order valence-electron chi connectivity index (χ3n) is 7.33. The molecule has 3 atom stereocenters. The van der Waals surface area contributed by atoms with Crippen LogP contribution in [-0.2, 0) is 16.0 Å². The summed E-state index contributed by atoms with van der Waals surface area (Å²) in [5, 5.41) is 50.2. The predicted octanol–water partition coefficient (Wildman–Crippen LogP) is 1.94. The van der Waals surface area contributed by atoms with Crippen LogP contribution in [-0.4, -0.2) is 43.5 Å². The van der Waals surface area contributed by atoms with Gasteiger partial charge < -0.3 is 32.0 Å². The van der Waals surface area contributed by atoms with Gasteiger partial charge in [0.2, 0.25) is 5.78 Å². The number of aromatic hydroxyl groups is 1. The maximum atomic E-state index is 13.6. The lowest BCUT2D eigenvalue weighted by Gasteiger charge is -2.45. The van der Waals surface area contributed by atoms with Crippen molar-refractivity contribution in [3.8, 4) is 17.6 Å². The molecule has 0 unspecified atom stereocenters. The van der Waals surface area contributed by atoms with Gasteiger partial charge in [-0.25, -0.2) is 0 Å². The van der Waals surface area contributed by atoms with Crippen molar-refractivity contribution in [2.75, 3.05) is 0 Å². The molecule has 11 heteroatoms. The largest absolute Gasteiger partial charge is 0.511 e. The highest BCUT2D eigenvalue weighted by Crippen LogP contribution is 2.51. The number of phenolic OH excluding ortho intramolecular Hbond substituents is 1. The number of benzene rings is 2. The van der Waals surface area contributed by atoms with E-state index in [-0.39, 0.29) is 36.1 Å². The van der Waals surface area contributed by atoms with E-state index >= 15 is 0 Å². The quantitative estimate of drug-likeness (QED) is 0.114. The Hall–Kier alpha value is -4.95. The lowest BCUT2D eigenvalue weighted by Crippen LogP contribution is -2.57. The standard InChI is InChI=1S/C27H22N4O7/c28-26(37)22-19(33)11-15-9-14-10-17-13(4-1-12-2-6-16(7-3-12)30-31-29)5-8-18(32)21(17)23(34)20(14)24(35)27(15,38)25(22)36/h2-3,5-8,14-15,32-33,35,38H,9-11H2,(H2,28,37)(H2,29,30)/t14-,15+,27+/m1/s1. The number of Topliss-reactive ketones (excluding diaryl/α,β-unsaturated/α-hetero) is 2. The Balaban J connectivity index is 1.58. The highest BCUT2D eigenvalue weighted by atomic mass is 16.3. The van der Waals surface area contributed by atoms with E-state index in [0.29, 0.717) is 22.4 Å². The summed E-state index contributed by atoms with van der Waals surface area (Å²) >= 11 is 0. The summed E-state index contributed by atoms with van der Waals surface area (Å²) in [5.41, 5.74) is 3.63. The van der Waals surface area contributed by atoms with Crippen LogP contribution < -0.4 is 11.6 Å². The number of phenols is 1. The molecule has 3 aliphatic rings. The predicted molar refractivity (Wildman–Crippen MR) is 132 cm³/mol. The van der Waals surface area contributed by atoms with Gasteiger partial charge in [-0.15, -0.1) is 5.11 Å². The van der Waals surface area contributed by atoms with Crippen molar-refractivity contribution in [1.82, 2.24) is 0 Å². The Bertz CT molecular complexity index is 1580. The molecule has 3 aliphatic carbocycles. The maximum Gasteiger partial charge on any atom is 0.255 e. The number of rotatable bonds is 2. The van der Waals surface area contributed by atoms with Crippen LogP contribution in [0.2, 0.25) is 0 Å². The zero-order chi connectivity index (χ0) is 27.4. The van der Waals surface area contributed by atoms with Crippen molar-refractivity contribution in [3.63, 3.8) is 0 Å². The Morgan fingerprint density at radius 2 is 1.74 bits per heavy atom. The van der Waals surface area contributed by atoms with E-state index in [0.717, 1.165) is 0 Å². The van der Waals surface area contributed by atoms with Crippen LogP contribution in [0.3, 0.4) is 0 Å².